The molecule has 1 fully saturated rings. The second-order valence-electron chi connectivity index (χ2n) is 4.75. The minimum Gasteiger partial charge on any atom is -0.481 e. The van der Waals surface area contributed by atoms with Crippen molar-refractivity contribution in [1.29, 1.82) is 0 Å². The molecule has 1 aliphatic rings. The molecule has 0 aliphatic carbocycles. The first kappa shape index (κ1) is 12.9. The Kier molecular flexibility index (Phi) is 3.06. The van der Waals surface area contributed by atoms with Gasteiger partial charge in [0, 0.05) is 24.7 Å². The van der Waals surface area contributed by atoms with E-state index in [2.05, 4.69) is 4.98 Å². The molecule has 1 amide bonds. The molecule has 0 radical (unpaired) electrons. The van der Waals surface area contributed by atoms with Crippen molar-refractivity contribution in [3.05, 3.63) is 41.2 Å². The highest BCUT2D eigenvalue weighted by molar-refractivity contribution is 6.34. The molecule has 20 heavy (non-hydrogen) atoms. The van der Waals surface area contributed by atoms with Gasteiger partial charge in [0.15, 0.2) is 0 Å². The summed E-state index contributed by atoms with van der Waals surface area (Å²) in [4.78, 5) is 28.7. The number of carboxylic acid groups (broad SMARTS) is 1. The number of carboxylic acids is 1. The molecule has 102 valence electrons. The zero-order valence-electron chi connectivity index (χ0n) is 10.4. The number of likely N-dealkylation sites (tertiary alicyclic amines) is 1. The first-order valence-corrected chi connectivity index (χ1v) is 6.51. The Morgan fingerprint density at radius 1 is 1.25 bits per heavy atom. The van der Waals surface area contributed by atoms with Crippen LogP contribution in [0.4, 0.5) is 0 Å². The number of rotatable bonds is 2. The summed E-state index contributed by atoms with van der Waals surface area (Å²) in [6.07, 6.45) is 1.45. The smallest absolute Gasteiger partial charge is 0.310 e. The van der Waals surface area contributed by atoms with Gasteiger partial charge in [0.2, 0.25) is 0 Å². The molecular weight excluding hydrogens is 280 g/mol. The number of carbonyl (C=O) groups is 2. The van der Waals surface area contributed by atoms with Gasteiger partial charge in [0.1, 0.15) is 5.15 Å². The quantitative estimate of drug-likeness (QED) is 0.859. The largest absolute Gasteiger partial charge is 0.481 e. The van der Waals surface area contributed by atoms with Gasteiger partial charge in [-0.1, -0.05) is 35.9 Å². The normalized spacial score (nSPS) is 15.2. The summed E-state index contributed by atoms with van der Waals surface area (Å²) in [7, 11) is 0. The third-order valence-electron chi connectivity index (χ3n) is 3.49. The van der Waals surface area contributed by atoms with Crippen LogP contribution >= 0.6 is 11.6 Å². The lowest BCUT2D eigenvalue weighted by Crippen LogP contribution is -2.53. The van der Waals surface area contributed by atoms with E-state index in [4.69, 9.17) is 16.7 Å². The number of hydrogen-bond donors (Lipinski definition) is 1. The van der Waals surface area contributed by atoms with Crippen LogP contribution in [0.15, 0.2) is 30.5 Å². The molecule has 1 aromatic carbocycles. The van der Waals surface area contributed by atoms with Gasteiger partial charge in [-0.2, -0.15) is 0 Å². The zero-order valence-corrected chi connectivity index (χ0v) is 11.2. The van der Waals surface area contributed by atoms with Gasteiger partial charge >= 0.3 is 5.97 Å². The van der Waals surface area contributed by atoms with Crippen molar-refractivity contribution in [2.45, 2.75) is 0 Å². The van der Waals surface area contributed by atoms with Crippen LogP contribution in [0, 0.1) is 5.92 Å². The highest BCUT2D eigenvalue weighted by Gasteiger charge is 2.36. The maximum atomic E-state index is 12.4. The van der Waals surface area contributed by atoms with E-state index in [9.17, 15) is 9.59 Å². The summed E-state index contributed by atoms with van der Waals surface area (Å²) in [5, 5.41) is 10.6. The van der Waals surface area contributed by atoms with Crippen molar-refractivity contribution in [1.82, 2.24) is 9.88 Å². The lowest BCUT2D eigenvalue weighted by molar-refractivity contribution is -0.146. The molecular formula is C14H11ClN2O3. The maximum absolute atomic E-state index is 12.4. The second kappa shape index (κ2) is 4.76. The summed E-state index contributed by atoms with van der Waals surface area (Å²) >= 11 is 6.01. The van der Waals surface area contributed by atoms with E-state index in [0.717, 1.165) is 10.8 Å². The predicted octanol–water partition coefficient (Wildman–Crippen LogP) is 2.04. The molecule has 0 atom stereocenters. The summed E-state index contributed by atoms with van der Waals surface area (Å²) < 4.78 is 0. The molecule has 6 heteroatoms. The van der Waals surface area contributed by atoms with E-state index in [1.165, 1.54) is 11.1 Å². The summed E-state index contributed by atoms with van der Waals surface area (Å²) in [5.74, 6) is -1.54. The number of fused-ring (bicyclic) bond motifs is 1. The SMILES string of the molecule is O=C(O)C1CN(C(=O)c2cnc(Cl)c3ccccc23)C1. The molecule has 3 rings (SSSR count). The second-order valence-corrected chi connectivity index (χ2v) is 5.11. The van der Waals surface area contributed by atoms with Crippen molar-refractivity contribution < 1.29 is 14.7 Å². The average molecular weight is 291 g/mol. The van der Waals surface area contributed by atoms with Gasteiger partial charge in [0.25, 0.3) is 5.91 Å². The Morgan fingerprint density at radius 2 is 1.90 bits per heavy atom. The van der Waals surface area contributed by atoms with Gasteiger partial charge in [-0.15, -0.1) is 0 Å². The van der Waals surface area contributed by atoms with Crippen LogP contribution < -0.4 is 0 Å². The number of pyridine rings is 1. The molecule has 0 unspecified atom stereocenters. The van der Waals surface area contributed by atoms with Crippen LogP contribution in [-0.4, -0.2) is 40.0 Å². The molecule has 1 N–H and O–H groups in total. The Bertz CT molecular complexity index is 711. The molecule has 0 bridgehead atoms. The molecule has 1 saturated heterocycles. The number of hydrogen-bond acceptors (Lipinski definition) is 3. The number of aromatic nitrogens is 1. The Labute approximate surface area is 119 Å². The van der Waals surface area contributed by atoms with E-state index < -0.39 is 11.9 Å². The van der Waals surface area contributed by atoms with E-state index in [1.54, 1.807) is 6.07 Å². The fourth-order valence-electron chi connectivity index (χ4n) is 2.30. The third kappa shape index (κ3) is 2.00. The zero-order chi connectivity index (χ0) is 14.3. The van der Waals surface area contributed by atoms with Gasteiger partial charge in [-0.3, -0.25) is 9.59 Å². The average Bonchev–Trinajstić information content (AvgIpc) is 2.37. The fraction of sp³-hybridized carbons (Fsp3) is 0.214. The number of amides is 1. The molecule has 2 aromatic rings. The van der Waals surface area contributed by atoms with Gasteiger partial charge in [-0.05, 0) is 5.39 Å². The number of benzene rings is 1. The van der Waals surface area contributed by atoms with Crippen LogP contribution in [0.3, 0.4) is 0 Å². The molecule has 1 aromatic heterocycles. The first-order valence-electron chi connectivity index (χ1n) is 6.13. The van der Waals surface area contributed by atoms with Crippen molar-refractivity contribution >= 4 is 34.2 Å². The highest BCUT2D eigenvalue weighted by atomic mass is 35.5. The monoisotopic (exact) mass is 290 g/mol. The number of nitrogens with zero attached hydrogens (tertiary/aromatic N) is 2. The third-order valence-corrected chi connectivity index (χ3v) is 3.80. The topological polar surface area (TPSA) is 70.5 Å². The predicted molar refractivity (Wildman–Crippen MR) is 73.8 cm³/mol. The molecule has 0 spiro atoms. The standard InChI is InChI=1S/C14H11ClN2O3/c15-12-10-4-2-1-3-9(10)11(5-16-12)13(18)17-6-8(7-17)14(19)20/h1-5,8H,6-7H2,(H,19,20). The molecule has 2 heterocycles. The molecule has 5 nitrogen and oxygen atoms in total. The highest BCUT2D eigenvalue weighted by Crippen LogP contribution is 2.27. The van der Waals surface area contributed by atoms with Crippen LogP contribution in [-0.2, 0) is 4.79 Å². The first-order chi connectivity index (χ1) is 9.58. The summed E-state index contributed by atoms with van der Waals surface area (Å²) in [6.45, 7) is 0.482. The molecule has 1 aliphatic heterocycles. The fourth-order valence-corrected chi connectivity index (χ4v) is 2.51. The van der Waals surface area contributed by atoms with Gasteiger partial charge in [-0.25, -0.2) is 4.98 Å². The van der Waals surface area contributed by atoms with Crippen molar-refractivity contribution in [3.63, 3.8) is 0 Å². The summed E-state index contributed by atoms with van der Waals surface area (Å²) in [6, 6.07) is 7.27. The lowest BCUT2D eigenvalue weighted by Gasteiger charge is -2.36. The van der Waals surface area contributed by atoms with Crippen molar-refractivity contribution in [2.24, 2.45) is 5.92 Å². The van der Waals surface area contributed by atoms with Gasteiger partial charge < -0.3 is 10.0 Å². The van der Waals surface area contributed by atoms with Gasteiger partial charge in [0.05, 0.1) is 11.5 Å². The van der Waals surface area contributed by atoms with Crippen LogP contribution in [0.1, 0.15) is 10.4 Å². The van der Waals surface area contributed by atoms with Crippen molar-refractivity contribution in [2.75, 3.05) is 13.1 Å². The molecule has 0 saturated carbocycles. The van der Waals surface area contributed by atoms with Crippen LogP contribution in [0.2, 0.25) is 5.15 Å². The number of aliphatic carboxylic acids is 1. The lowest BCUT2D eigenvalue weighted by atomic mass is 9.98. The van der Waals surface area contributed by atoms with Crippen LogP contribution in [0.5, 0.6) is 0 Å². The van der Waals surface area contributed by atoms with E-state index in [1.807, 2.05) is 18.2 Å². The summed E-state index contributed by atoms with van der Waals surface area (Å²) in [5.41, 5.74) is 0.453. The Morgan fingerprint density at radius 3 is 2.55 bits per heavy atom. The number of halogens is 1. The van der Waals surface area contributed by atoms with E-state index in [0.29, 0.717) is 10.7 Å². The number of carbonyl (C=O) groups excluding carboxylic acids is 1. The maximum Gasteiger partial charge on any atom is 0.310 e. The minimum absolute atomic E-state index is 0.206. The van der Waals surface area contributed by atoms with Crippen molar-refractivity contribution in [3.8, 4) is 0 Å². The van der Waals surface area contributed by atoms with E-state index in [-0.39, 0.29) is 19.0 Å². The van der Waals surface area contributed by atoms with E-state index >= 15 is 0 Å². The Hall–Kier alpha value is -2.14. The minimum atomic E-state index is -0.867. The Balaban J connectivity index is 1.94. The van der Waals surface area contributed by atoms with Crippen LogP contribution in [0.25, 0.3) is 10.8 Å².